The summed E-state index contributed by atoms with van der Waals surface area (Å²) >= 11 is 12.0. The smallest absolute Gasteiger partial charge is 0.338 e. The minimum atomic E-state index is -1.12. The predicted octanol–water partition coefficient (Wildman–Crippen LogP) is 6.59. The maximum Gasteiger partial charge on any atom is 0.338 e. The number of fused-ring (bicyclic) bond motifs is 2. The number of hydrogen-bond acceptors (Lipinski definition) is 4. The van der Waals surface area contributed by atoms with Gasteiger partial charge in [-0.25, -0.2) is 4.79 Å². The molecule has 0 saturated heterocycles. The van der Waals surface area contributed by atoms with E-state index in [4.69, 9.17) is 27.9 Å². The molecule has 1 aliphatic rings. The third-order valence-electron chi connectivity index (χ3n) is 4.90. The lowest BCUT2D eigenvalue weighted by Gasteiger charge is -2.24. The van der Waals surface area contributed by atoms with Gasteiger partial charge in [0.2, 0.25) is 0 Å². The molecule has 0 fully saturated rings. The van der Waals surface area contributed by atoms with Crippen molar-refractivity contribution in [3.05, 3.63) is 80.8 Å². The number of nitrogens with one attached hydrogen (secondary N) is 1. The van der Waals surface area contributed by atoms with Crippen molar-refractivity contribution in [2.45, 2.75) is 19.3 Å². The number of carbonyl (C=O) groups is 1. The fourth-order valence-corrected chi connectivity index (χ4v) is 3.73. The van der Waals surface area contributed by atoms with E-state index in [-0.39, 0.29) is 11.1 Å². The fourth-order valence-electron chi connectivity index (χ4n) is 3.41. The standard InChI is InChI=1S/C23H16Cl2N2O3/c24-17-6-4-13(9-18(17)25)2-1-3-14-5-7-19-20(10-14)30-21-11-15(12-26)8-16(23(28)29)22(21)27-19/h4-11,27H,1-3H2,(H,28,29). The molecule has 7 heteroatoms. The third-order valence-corrected chi connectivity index (χ3v) is 5.64. The molecular formula is C23H16Cl2N2O3. The Kier molecular flexibility index (Phi) is 5.54. The molecule has 5 nitrogen and oxygen atoms in total. The van der Waals surface area contributed by atoms with Gasteiger partial charge in [-0.2, -0.15) is 5.26 Å². The van der Waals surface area contributed by atoms with Crippen molar-refractivity contribution in [1.82, 2.24) is 0 Å². The Labute approximate surface area is 183 Å². The number of carboxylic acid groups (broad SMARTS) is 1. The van der Waals surface area contributed by atoms with E-state index >= 15 is 0 Å². The normalized spacial score (nSPS) is 11.5. The molecule has 3 aromatic carbocycles. The molecule has 4 rings (SSSR count). The summed E-state index contributed by atoms with van der Waals surface area (Å²) in [6.45, 7) is 0. The topological polar surface area (TPSA) is 82.4 Å². The van der Waals surface area contributed by atoms with Gasteiger partial charge < -0.3 is 15.2 Å². The van der Waals surface area contributed by atoms with Crippen LogP contribution < -0.4 is 10.1 Å². The van der Waals surface area contributed by atoms with Crippen LogP contribution in [0.2, 0.25) is 10.0 Å². The number of halogens is 2. The average Bonchev–Trinajstić information content (AvgIpc) is 2.73. The first kappa shape index (κ1) is 20.1. The molecule has 30 heavy (non-hydrogen) atoms. The second-order valence-electron chi connectivity index (χ2n) is 6.97. The molecule has 0 unspecified atom stereocenters. The van der Waals surface area contributed by atoms with E-state index in [1.54, 1.807) is 6.07 Å². The van der Waals surface area contributed by atoms with Gasteiger partial charge in [0.25, 0.3) is 0 Å². The number of rotatable bonds is 5. The molecule has 0 amide bonds. The third kappa shape index (κ3) is 4.06. The summed E-state index contributed by atoms with van der Waals surface area (Å²) in [6.07, 6.45) is 2.62. The van der Waals surface area contributed by atoms with Gasteiger partial charge in [-0.1, -0.05) is 35.3 Å². The van der Waals surface area contributed by atoms with Crippen LogP contribution in [0.25, 0.3) is 0 Å². The average molecular weight is 439 g/mol. The number of aryl methyl sites for hydroxylation is 2. The van der Waals surface area contributed by atoms with Crippen molar-refractivity contribution in [3.63, 3.8) is 0 Å². The molecule has 3 aromatic rings. The number of nitriles is 1. The summed E-state index contributed by atoms with van der Waals surface area (Å²) in [5.41, 5.74) is 3.48. The van der Waals surface area contributed by atoms with E-state index in [1.165, 1.54) is 12.1 Å². The zero-order valence-corrected chi connectivity index (χ0v) is 17.2. The number of aromatic carboxylic acids is 1. The van der Waals surface area contributed by atoms with Crippen molar-refractivity contribution in [2.75, 3.05) is 5.32 Å². The summed E-state index contributed by atoms with van der Waals surface area (Å²) in [7, 11) is 0. The predicted molar refractivity (Wildman–Crippen MR) is 116 cm³/mol. The van der Waals surface area contributed by atoms with Crippen LogP contribution in [0.1, 0.15) is 33.5 Å². The maximum absolute atomic E-state index is 11.6. The van der Waals surface area contributed by atoms with Gasteiger partial charge in [-0.05, 0) is 60.7 Å². The van der Waals surface area contributed by atoms with Gasteiger partial charge in [-0.15, -0.1) is 0 Å². The highest BCUT2D eigenvalue weighted by molar-refractivity contribution is 6.42. The van der Waals surface area contributed by atoms with E-state index in [9.17, 15) is 15.2 Å². The van der Waals surface area contributed by atoms with E-state index in [1.807, 2.05) is 36.4 Å². The van der Waals surface area contributed by atoms with Crippen LogP contribution in [0.3, 0.4) is 0 Å². The van der Waals surface area contributed by atoms with Gasteiger partial charge in [-0.3, -0.25) is 0 Å². The highest BCUT2D eigenvalue weighted by Gasteiger charge is 2.24. The van der Waals surface area contributed by atoms with Crippen LogP contribution in [-0.2, 0) is 12.8 Å². The Hall–Kier alpha value is -3.20. The van der Waals surface area contributed by atoms with E-state index in [0.717, 1.165) is 30.4 Å². The van der Waals surface area contributed by atoms with Crippen molar-refractivity contribution in [3.8, 4) is 17.6 Å². The van der Waals surface area contributed by atoms with Crippen LogP contribution >= 0.6 is 23.2 Å². The Morgan fingerprint density at radius 3 is 2.43 bits per heavy atom. The van der Waals surface area contributed by atoms with Crippen molar-refractivity contribution in [2.24, 2.45) is 0 Å². The highest BCUT2D eigenvalue weighted by atomic mass is 35.5. The first-order valence-electron chi connectivity index (χ1n) is 9.28. The van der Waals surface area contributed by atoms with Gasteiger partial charge in [0, 0.05) is 6.07 Å². The molecular weight excluding hydrogens is 423 g/mol. The fraction of sp³-hybridized carbons (Fsp3) is 0.130. The number of carboxylic acids is 1. The second-order valence-corrected chi connectivity index (χ2v) is 7.79. The first-order chi connectivity index (χ1) is 14.4. The monoisotopic (exact) mass is 438 g/mol. The highest BCUT2D eigenvalue weighted by Crippen LogP contribution is 2.44. The lowest BCUT2D eigenvalue weighted by atomic mass is 10.0. The lowest BCUT2D eigenvalue weighted by molar-refractivity contribution is 0.0697. The maximum atomic E-state index is 11.6. The Balaban J connectivity index is 1.50. The first-order valence-corrected chi connectivity index (χ1v) is 10.0. The van der Waals surface area contributed by atoms with E-state index in [2.05, 4.69) is 5.32 Å². The zero-order chi connectivity index (χ0) is 21.3. The number of anilines is 2. The molecule has 0 spiro atoms. The Bertz CT molecular complexity index is 1200. The summed E-state index contributed by atoms with van der Waals surface area (Å²) in [4.78, 5) is 11.6. The van der Waals surface area contributed by atoms with E-state index < -0.39 is 5.97 Å². The molecule has 1 aliphatic heterocycles. The van der Waals surface area contributed by atoms with Gasteiger partial charge in [0.05, 0.1) is 38.6 Å². The van der Waals surface area contributed by atoms with Crippen LogP contribution in [0.5, 0.6) is 11.5 Å². The molecule has 0 aliphatic carbocycles. The molecule has 0 radical (unpaired) electrons. The van der Waals surface area contributed by atoms with Crippen LogP contribution in [0, 0.1) is 11.3 Å². The number of nitrogens with zero attached hydrogens (tertiary/aromatic N) is 1. The quantitative estimate of drug-likeness (QED) is 0.367. The van der Waals surface area contributed by atoms with Crippen molar-refractivity contribution >= 4 is 40.5 Å². The zero-order valence-electron chi connectivity index (χ0n) is 15.7. The molecule has 2 N–H and O–H groups in total. The van der Waals surface area contributed by atoms with E-state index in [0.29, 0.717) is 32.9 Å². The Morgan fingerprint density at radius 1 is 1.00 bits per heavy atom. The van der Waals surface area contributed by atoms with Crippen molar-refractivity contribution in [1.29, 1.82) is 5.26 Å². The molecule has 0 atom stereocenters. The summed E-state index contributed by atoms with van der Waals surface area (Å²) in [6, 6.07) is 16.3. The largest absolute Gasteiger partial charge is 0.478 e. The number of benzene rings is 3. The minimum Gasteiger partial charge on any atom is -0.478 e. The van der Waals surface area contributed by atoms with Gasteiger partial charge in [0.15, 0.2) is 11.5 Å². The van der Waals surface area contributed by atoms with Crippen molar-refractivity contribution < 1.29 is 14.6 Å². The van der Waals surface area contributed by atoms with Crippen LogP contribution in [0.15, 0.2) is 48.5 Å². The number of ether oxygens (including phenoxy) is 1. The molecule has 0 aromatic heterocycles. The van der Waals surface area contributed by atoms with Gasteiger partial charge in [0.1, 0.15) is 0 Å². The minimum absolute atomic E-state index is 0.000372. The van der Waals surface area contributed by atoms with Crippen LogP contribution in [0.4, 0.5) is 11.4 Å². The van der Waals surface area contributed by atoms with Gasteiger partial charge >= 0.3 is 5.97 Å². The molecule has 0 bridgehead atoms. The summed E-state index contributed by atoms with van der Waals surface area (Å²) < 4.78 is 5.94. The van der Waals surface area contributed by atoms with Crippen LogP contribution in [-0.4, -0.2) is 11.1 Å². The number of hydrogen-bond donors (Lipinski definition) is 2. The Morgan fingerprint density at radius 2 is 1.73 bits per heavy atom. The lowest BCUT2D eigenvalue weighted by Crippen LogP contribution is -2.10. The summed E-state index contributed by atoms with van der Waals surface area (Å²) in [5, 5.41) is 22.9. The summed E-state index contributed by atoms with van der Waals surface area (Å²) in [5.74, 6) is -0.199. The SMILES string of the molecule is N#Cc1cc2c(c(C(=O)O)c1)Nc1ccc(CCCc3ccc(Cl)c(Cl)c3)cc1O2. The molecule has 150 valence electrons. The second kappa shape index (κ2) is 8.27. The molecule has 0 saturated carbocycles. The molecule has 1 heterocycles.